The van der Waals surface area contributed by atoms with Crippen LogP contribution in [0.2, 0.25) is 0 Å². The molecule has 4 heteroatoms. The van der Waals surface area contributed by atoms with Crippen LogP contribution in [-0.2, 0) is 17.4 Å². The molecule has 2 bridgehead atoms. The average Bonchev–Trinajstić information content (AvgIpc) is 3.49. The highest BCUT2D eigenvalue weighted by Crippen LogP contribution is 2.66. The van der Waals surface area contributed by atoms with Gasteiger partial charge in [-0.3, -0.25) is 4.79 Å². The van der Waals surface area contributed by atoms with Gasteiger partial charge >= 0.3 is 0 Å². The Morgan fingerprint density at radius 1 is 1.05 bits per heavy atom. The van der Waals surface area contributed by atoms with Crippen molar-refractivity contribution in [2.45, 2.75) is 122 Å². The van der Waals surface area contributed by atoms with Crippen molar-refractivity contribution in [3.05, 3.63) is 46.6 Å². The van der Waals surface area contributed by atoms with Gasteiger partial charge in [-0.15, -0.1) is 0 Å². The first-order valence-corrected chi connectivity index (χ1v) is 14.7. The maximum atomic E-state index is 13.7. The molecule has 5 fully saturated rings. The predicted molar refractivity (Wildman–Crippen MR) is 150 cm³/mol. The first kappa shape index (κ1) is 25.2. The Bertz CT molecular complexity index is 1180. The lowest BCUT2D eigenvalue weighted by molar-refractivity contribution is -0.172. The van der Waals surface area contributed by atoms with Gasteiger partial charge in [0, 0.05) is 35.5 Å². The first-order valence-electron chi connectivity index (χ1n) is 14.7. The lowest BCUT2D eigenvalue weighted by atomic mass is 9.39. The molecule has 0 saturated heterocycles. The highest BCUT2D eigenvalue weighted by molar-refractivity contribution is 5.97. The second-order valence-corrected chi connectivity index (χ2v) is 14.7. The minimum absolute atomic E-state index is 0.0636. The van der Waals surface area contributed by atoms with Crippen molar-refractivity contribution in [1.29, 1.82) is 0 Å². The monoisotopic (exact) mass is 502 g/mol. The van der Waals surface area contributed by atoms with Gasteiger partial charge < -0.3 is 15.0 Å². The number of amides is 1. The Morgan fingerprint density at radius 3 is 2.32 bits per heavy atom. The summed E-state index contributed by atoms with van der Waals surface area (Å²) in [6, 6.07) is 9.42. The molecule has 200 valence electrons. The molecule has 1 aromatic heterocycles. The van der Waals surface area contributed by atoms with Crippen LogP contribution in [0, 0.1) is 18.3 Å². The molecule has 5 aliphatic rings. The molecule has 1 amide bonds. The molecule has 5 saturated carbocycles. The van der Waals surface area contributed by atoms with Gasteiger partial charge in [-0.25, -0.2) is 0 Å². The van der Waals surface area contributed by atoms with E-state index >= 15 is 0 Å². The number of hydrogen-bond donors (Lipinski definition) is 2. The summed E-state index contributed by atoms with van der Waals surface area (Å²) in [6.45, 7) is 12.7. The van der Waals surface area contributed by atoms with E-state index in [9.17, 15) is 9.90 Å². The molecule has 0 unspecified atom stereocenters. The Labute approximate surface area is 223 Å². The molecule has 2 N–H and O–H groups in total. The molecule has 2 aromatic rings. The maximum absolute atomic E-state index is 13.7. The van der Waals surface area contributed by atoms with Crippen molar-refractivity contribution < 1.29 is 9.90 Å². The standard InChI is InChI=1S/C33H46N2O2/c1-22-27(29(37)34-33-18-32(19-33,20-33)21-36)16-28(35(22)17-23-9-7-6-8-10-23)24-13-25(30(2,3)4)15-26(14-24)31(5)11-12-31/h13-16,23,36H,6-12,17-21H2,1-5H3,(H,34,37). The second-order valence-electron chi connectivity index (χ2n) is 14.7. The van der Waals surface area contributed by atoms with Gasteiger partial charge in [0.1, 0.15) is 0 Å². The third kappa shape index (κ3) is 4.37. The zero-order chi connectivity index (χ0) is 26.2. The minimum Gasteiger partial charge on any atom is -0.396 e. The van der Waals surface area contributed by atoms with Crippen LogP contribution in [0.5, 0.6) is 0 Å². The molecule has 1 heterocycles. The van der Waals surface area contributed by atoms with Gasteiger partial charge in [-0.05, 0) is 104 Å². The number of aromatic nitrogens is 1. The molecule has 0 radical (unpaired) electrons. The molecule has 1 aromatic carbocycles. The van der Waals surface area contributed by atoms with Crippen LogP contribution < -0.4 is 5.32 Å². The molecule has 5 aliphatic carbocycles. The van der Waals surface area contributed by atoms with Crippen LogP contribution in [0.1, 0.15) is 119 Å². The van der Waals surface area contributed by atoms with Gasteiger partial charge in [-0.1, -0.05) is 53.0 Å². The van der Waals surface area contributed by atoms with Crippen LogP contribution in [0.25, 0.3) is 11.3 Å². The van der Waals surface area contributed by atoms with E-state index < -0.39 is 0 Å². The van der Waals surface area contributed by atoms with Crippen molar-refractivity contribution in [2.75, 3.05) is 6.61 Å². The van der Waals surface area contributed by atoms with Crippen molar-refractivity contribution in [1.82, 2.24) is 9.88 Å². The highest BCUT2D eigenvalue weighted by Gasteiger charge is 2.68. The number of aliphatic hydroxyl groups is 1. The molecule has 0 atom stereocenters. The second kappa shape index (κ2) is 8.46. The van der Waals surface area contributed by atoms with Crippen LogP contribution in [0.3, 0.4) is 0 Å². The summed E-state index contributed by atoms with van der Waals surface area (Å²) >= 11 is 0. The Morgan fingerprint density at radius 2 is 1.73 bits per heavy atom. The lowest BCUT2D eigenvalue weighted by Gasteiger charge is -2.70. The van der Waals surface area contributed by atoms with Crippen LogP contribution in [-0.4, -0.2) is 27.7 Å². The molecule has 4 nitrogen and oxygen atoms in total. The van der Waals surface area contributed by atoms with E-state index in [0.29, 0.717) is 11.3 Å². The number of rotatable bonds is 7. The van der Waals surface area contributed by atoms with Gasteiger partial charge in [0.15, 0.2) is 0 Å². The van der Waals surface area contributed by atoms with E-state index in [4.69, 9.17) is 0 Å². The zero-order valence-electron chi connectivity index (χ0n) is 23.7. The Hall–Kier alpha value is -2.07. The molecular formula is C33H46N2O2. The fourth-order valence-corrected chi connectivity index (χ4v) is 7.62. The predicted octanol–water partition coefficient (Wildman–Crippen LogP) is 7.04. The largest absolute Gasteiger partial charge is 0.396 e. The van der Waals surface area contributed by atoms with E-state index in [0.717, 1.165) is 37.1 Å². The van der Waals surface area contributed by atoms with Crippen molar-refractivity contribution in [3.63, 3.8) is 0 Å². The Kier molecular flexibility index (Phi) is 5.77. The first-order chi connectivity index (χ1) is 17.4. The third-order valence-corrected chi connectivity index (χ3v) is 10.4. The molecular weight excluding hydrogens is 456 g/mol. The quantitative estimate of drug-likeness (QED) is 0.427. The lowest BCUT2D eigenvalue weighted by Crippen LogP contribution is -2.75. The summed E-state index contributed by atoms with van der Waals surface area (Å²) < 4.78 is 2.48. The van der Waals surface area contributed by atoms with E-state index in [1.807, 2.05) is 0 Å². The molecule has 7 rings (SSSR count). The van der Waals surface area contributed by atoms with E-state index in [1.54, 1.807) is 0 Å². The highest BCUT2D eigenvalue weighted by atomic mass is 16.3. The number of nitrogens with zero attached hydrogens (tertiary/aromatic N) is 1. The van der Waals surface area contributed by atoms with Crippen molar-refractivity contribution >= 4 is 5.91 Å². The molecule has 0 aliphatic heterocycles. The number of aliphatic hydroxyl groups excluding tert-OH is 1. The zero-order valence-corrected chi connectivity index (χ0v) is 23.7. The van der Waals surface area contributed by atoms with E-state index in [-0.39, 0.29) is 28.9 Å². The fraction of sp³-hybridized carbons (Fsp3) is 0.667. The van der Waals surface area contributed by atoms with Crippen LogP contribution in [0.4, 0.5) is 0 Å². The Balaban J connectivity index is 1.39. The smallest absolute Gasteiger partial charge is 0.253 e. The van der Waals surface area contributed by atoms with Crippen LogP contribution in [0.15, 0.2) is 24.3 Å². The van der Waals surface area contributed by atoms with Crippen molar-refractivity contribution in [2.24, 2.45) is 11.3 Å². The summed E-state index contributed by atoms with van der Waals surface area (Å²) in [7, 11) is 0. The average molecular weight is 503 g/mol. The van der Waals surface area contributed by atoms with Gasteiger partial charge in [0.25, 0.3) is 5.91 Å². The number of benzene rings is 1. The molecule has 0 spiro atoms. The summed E-state index contributed by atoms with van der Waals surface area (Å²) in [6.07, 6.45) is 11.9. The van der Waals surface area contributed by atoms with Crippen molar-refractivity contribution in [3.8, 4) is 11.3 Å². The SMILES string of the molecule is Cc1c(C(=O)NC23CC(CO)(C2)C3)cc(-c2cc(C(C)(C)C)cc(C3(C)CC3)c2)n1CC1CCCCC1. The molecule has 37 heavy (non-hydrogen) atoms. The maximum Gasteiger partial charge on any atom is 0.253 e. The number of nitrogens with one attached hydrogen (secondary N) is 1. The van der Waals surface area contributed by atoms with Gasteiger partial charge in [0.05, 0.1) is 5.56 Å². The normalized spacial score (nSPS) is 28.4. The van der Waals surface area contributed by atoms with Crippen LogP contribution >= 0.6 is 0 Å². The number of carbonyl (C=O) groups excluding carboxylic acids is 1. The third-order valence-electron chi connectivity index (χ3n) is 10.4. The number of carbonyl (C=O) groups is 1. The number of hydrogen-bond acceptors (Lipinski definition) is 2. The van der Waals surface area contributed by atoms with E-state index in [2.05, 4.69) is 68.8 Å². The van der Waals surface area contributed by atoms with E-state index in [1.165, 1.54) is 67.3 Å². The summed E-state index contributed by atoms with van der Waals surface area (Å²) in [5.74, 6) is 0.747. The van der Waals surface area contributed by atoms with Gasteiger partial charge in [-0.2, -0.15) is 0 Å². The summed E-state index contributed by atoms with van der Waals surface area (Å²) in [4.78, 5) is 13.7. The topological polar surface area (TPSA) is 54.3 Å². The van der Waals surface area contributed by atoms with Gasteiger partial charge in [0.2, 0.25) is 0 Å². The summed E-state index contributed by atoms with van der Waals surface area (Å²) in [5, 5.41) is 13.1. The fourth-order valence-electron chi connectivity index (χ4n) is 7.62. The summed E-state index contributed by atoms with van der Waals surface area (Å²) in [5.41, 5.74) is 7.58. The minimum atomic E-state index is -0.0855.